The van der Waals surface area contributed by atoms with Gasteiger partial charge in [0.05, 0.1) is 13.2 Å². The monoisotopic (exact) mass is 264 g/mol. The van der Waals surface area contributed by atoms with Crippen molar-refractivity contribution in [1.82, 2.24) is 0 Å². The van der Waals surface area contributed by atoms with Gasteiger partial charge in [-0.1, -0.05) is 42.5 Å². The van der Waals surface area contributed by atoms with Crippen molar-refractivity contribution >= 4 is 6.08 Å². The molecule has 3 heteroatoms. The maximum absolute atomic E-state index is 5.53. The minimum Gasteiger partial charge on any atom is -0.377 e. The Balaban J connectivity index is 2.11. The van der Waals surface area contributed by atoms with Crippen LogP contribution in [-0.4, -0.2) is 32.7 Å². The fourth-order valence-electron chi connectivity index (χ4n) is 1.67. The van der Waals surface area contributed by atoms with Crippen LogP contribution in [0.25, 0.3) is 6.08 Å². The van der Waals surface area contributed by atoms with E-state index in [0.717, 1.165) is 6.42 Å². The summed E-state index contributed by atoms with van der Waals surface area (Å²) in [4.78, 5) is 0. The van der Waals surface area contributed by atoms with Gasteiger partial charge in [0, 0.05) is 19.6 Å². The van der Waals surface area contributed by atoms with Crippen LogP contribution in [0.5, 0.6) is 0 Å². The van der Waals surface area contributed by atoms with Crippen molar-refractivity contribution in [3.63, 3.8) is 0 Å². The lowest BCUT2D eigenvalue weighted by Gasteiger charge is -2.16. The van der Waals surface area contributed by atoms with Crippen LogP contribution in [0, 0.1) is 0 Å². The second-order valence-electron chi connectivity index (χ2n) is 4.02. The van der Waals surface area contributed by atoms with E-state index in [1.807, 2.05) is 38.1 Å². The topological polar surface area (TPSA) is 27.7 Å². The van der Waals surface area contributed by atoms with E-state index in [1.165, 1.54) is 5.56 Å². The first kappa shape index (κ1) is 15.9. The molecule has 0 radical (unpaired) electrons. The molecule has 0 fully saturated rings. The Morgan fingerprint density at radius 1 is 1.05 bits per heavy atom. The minimum absolute atomic E-state index is 0.145. The van der Waals surface area contributed by atoms with Gasteiger partial charge in [-0.15, -0.1) is 0 Å². The van der Waals surface area contributed by atoms with Crippen molar-refractivity contribution in [2.45, 2.75) is 26.6 Å². The van der Waals surface area contributed by atoms with Crippen LogP contribution < -0.4 is 0 Å². The van der Waals surface area contributed by atoms with E-state index in [4.69, 9.17) is 14.2 Å². The molecule has 0 spiro atoms. The first-order chi connectivity index (χ1) is 9.36. The summed E-state index contributed by atoms with van der Waals surface area (Å²) in [5.74, 6) is 0. The van der Waals surface area contributed by atoms with Crippen molar-refractivity contribution < 1.29 is 14.2 Å². The average molecular weight is 264 g/mol. The number of hydrogen-bond donors (Lipinski definition) is 0. The number of benzene rings is 1. The van der Waals surface area contributed by atoms with Crippen molar-refractivity contribution in [2.75, 3.05) is 26.4 Å². The molecule has 1 aromatic rings. The van der Waals surface area contributed by atoms with Gasteiger partial charge in [0.25, 0.3) is 0 Å². The summed E-state index contributed by atoms with van der Waals surface area (Å²) in [5, 5.41) is 0. The van der Waals surface area contributed by atoms with Gasteiger partial charge in [-0.2, -0.15) is 0 Å². The summed E-state index contributed by atoms with van der Waals surface area (Å²) >= 11 is 0. The zero-order chi connectivity index (χ0) is 13.8. The maximum atomic E-state index is 5.53. The normalized spacial score (nSPS) is 11.5. The molecule has 0 aliphatic carbocycles. The quantitative estimate of drug-likeness (QED) is 0.478. The van der Waals surface area contributed by atoms with Gasteiger partial charge in [0.2, 0.25) is 0 Å². The Morgan fingerprint density at radius 2 is 1.74 bits per heavy atom. The third-order valence-corrected chi connectivity index (χ3v) is 2.53. The Labute approximate surface area is 116 Å². The summed E-state index contributed by atoms with van der Waals surface area (Å²) in [6.07, 6.45) is 4.70. The van der Waals surface area contributed by atoms with Gasteiger partial charge in [0.1, 0.15) is 0 Å². The molecular formula is C16H24O3. The molecule has 0 aliphatic rings. The van der Waals surface area contributed by atoms with Crippen molar-refractivity contribution in [3.05, 3.63) is 42.0 Å². The highest BCUT2D eigenvalue weighted by atomic mass is 16.7. The van der Waals surface area contributed by atoms with E-state index >= 15 is 0 Å². The van der Waals surface area contributed by atoms with E-state index < -0.39 is 0 Å². The standard InChI is InChI=1S/C16H24O3/c1-3-18-16(19-4-2)12-14-17-13-8-11-15-9-6-5-7-10-15/h5-11,16H,3-4,12-14H2,1-2H3. The van der Waals surface area contributed by atoms with Crippen LogP contribution in [0.1, 0.15) is 25.8 Å². The molecule has 0 atom stereocenters. The van der Waals surface area contributed by atoms with Crippen LogP contribution in [0.2, 0.25) is 0 Å². The Kier molecular flexibility index (Phi) is 8.98. The highest BCUT2D eigenvalue weighted by molar-refractivity contribution is 5.48. The number of hydrogen-bond acceptors (Lipinski definition) is 3. The van der Waals surface area contributed by atoms with Gasteiger partial charge < -0.3 is 14.2 Å². The molecule has 0 aromatic heterocycles. The van der Waals surface area contributed by atoms with Gasteiger partial charge >= 0.3 is 0 Å². The Morgan fingerprint density at radius 3 is 2.37 bits per heavy atom. The van der Waals surface area contributed by atoms with Crippen LogP contribution >= 0.6 is 0 Å². The molecule has 0 N–H and O–H groups in total. The SMILES string of the molecule is CCOC(CCOCC=Cc1ccccc1)OCC. The second-order valence-corrected chi connectivity index (χ2v) is 4.02. The molecule has 0 saturated heterocycles. The van der Waals surface area contributed by atoms with Crippen molar-refractivity contribution in [3.8, 4) is 0 Å². The summed E-state index contributed by atoms with van der Waals surface area (Å²) < 4.78 is 16.4. The lowest BCUT2D eigenvalue weighted by atomic mass is 10.2. The summed E-state index contributed by atoms with van der Waals surface area (Å²) in [5.41, 5.74) is 1.19. The van der Waals surface area contributed by atoms with Gasteiger partial charge in [-0.25, -0.2) is 0 Å². The fraction of sp³-hybridized carbons (Fsp3) is 0.500. The lowest BCUT2D eigenvalue weighted by Crippen LogP contribution is -2.19. The van der Waals surface area contributed by atoms with Crippen LogP contribution in [0.3, 0.4) is 0 Å². The molecule has 0 bridgehead atoms. The highest BCUT2D eigenvalue weighted by Gasteiger charge is 2.06. The van der Waals surface area contributed by atoms with E-state index in [0.29, 0.717) is 26.4 Å². The average Bonchev–Trinajstić information content (AvgIpc) is 2.44. The van der Waals surface area contributed by atoms with E-state index in [9.17, 15) is 0 Å². The number of ether oxygens (including phenoxy) is 3. The zero-order valence-corrected chi connectivity index (χ0v) is 11.9. The van der Waals surface area contributed by atoms with Crippen LogP contribution in [0.15, 0.2) is 36.4 Å². The second kappa shape index (κ2) is 10.7. The first-order valence-electron chi connectivity index (χ1n) is 6.89. The Hall–Kier alpha value is -1.16. The van der Waals surface area contributed by atoms with E-state index in [1.54, 1.807) is 0 Å². The summed E-state index contributed by atoms with van der Waals surface area (Å²) in [6.45, 7) is 6.52. The predicted octanol–water partition coefficient (Wildman–Crippen LogP) is 3.51. The summed E-state index contributed by atoms with van der Waals surface area (Å²) in [6, 6.07) is 10.2. The maximum Gasteiger partial charge on any atom is 0.159 e. The molecule has 3 nitrogen and oxygen atoms in total. The molecule has 0 unspecified atom stereocenters. The van der Waals surface area contributed by atoms with Crippen LogP contribution in [0.4, 0.5) is 0 Å². The van der Waals surface area contributed by atoms with Crippen molar-refractivity contribution in [2.24, 2.45) is 0 Å². The smallest absolute Gasteiger partial charge is 0.159 e. The molecule has 1 aromatic carbocycles. The fourth-order valence-corrected chi connectivity index (χ4v) is 1.67. The van der Waals surface area contributed by atoms with Crippen molar-refractivity contribution in [1.29, 1.82) is 0 Å². The highest BCUT2D eigenvalue weighted by Crippen LogP contribution is 2.03. The lowest BCUT2D eigenvalue weighted by molar-refractivity contribution is -0.146. The molecule has 0 aliphatic heterocycles. The molecular weight excluding hydrogens is 240 g/mol. The molecule has 19 heavy (non-hydrogen) atoms. The third-order valence-electron chi connectivity index (χ3n) is 2.53. The summed E-state index contributed by atoms with van der Waals surface area (Å²) in [7, 11) is 0. The van der Waals surface area contributed by atoms with E-state index in [2.05, 4.69) is 18.2 Å². The Bertz CT molecular complexity index is 329. The molecule has 106 valence electrons. The zero-order valence-electron chi connectivity index (χ0n) is 11.9. The molecule has 1 rings (SSSR count). The first-order valence-corrected chi connectivity index (χ1v) is 6.89. The number of rotatable bonds is 10. The molecule has 0 heterocycles. The third kappa shape index (κ3) is 7.78. The largest absolute Gasteiger partial charge is 0.377 e. The van der Waals surface area contributed by atoms with Gasteiger partial charge in [0.15, 0.2) is 6.29 Å². The molecule has 0 amide bonds. The van der Waals surface area contributed by atoms with E-state index in [-0.39, 0.29) is 6.29 Å². The predicted molar refractivity (Wildman–Crippen MR) is 78.0 cm³/mol. The van der Waals surface area contributed by atoms with Gasteiger partial charge in [-0.05, 0) is 19.4 Å². The van der Waals surface area contributed by atoms with Crippen LogP contribution in [-0.2, 0) is 14.2 Å². The van der Waals surface area contributed by atoms with Gasteiger partial charge in [-0.3, -0.25) is 0 Å². The molecule has 0 saturated carbocycles. The minimum atomic E-state index is -0.145.